The Labute approximate surface area is 262 Å². The molecular formula is C34H36ClN3O6. The molecule has 3 aromatic carbocycles. The van der Waals surface area contributed by atoms with Crippen LogP contribution in [0.4, 0.5) is 5.69 Å². The summed E-state index contributed by atoms with van der Waals surface area (Å²) in [4.78, 5) is 50.9. The van der Waals surface area contributed by atoms with Crippen molar-refractivity contribution in [2.45, 2.75) is 32.4 Å². The van der Waals surface area contributed by atoms with E-state index in [1.165, 1.54) is 7.11 Å². The zero-order valence-electron chi connectivity index (χ0n) is 24.6. The van der Waals surface area contributed by atoms with Crippen LogP contribution >= 0.6 is 11.6 Å². The van der Waals surface area contributed by atoms with Crippen LogP contribution in [0.2, 0.25) is 5.02 Å². The van der Waals surface area contributed by atoms with Gasteiger partial charge in [-0.1, -0.05) is 48.0 Å². The summed E-state index contributed by atoms with van der Waals surface area (Å²) >= 11 is 5.87. The lowest BCUT2D eigenvalue weighted by Gasteiger charge is -2.18. The predicted octanol–water partition coefficient (Wildman–Crippen LogP) is 4.98. The minimum Gasteiger partial charge on any atom is -0.469 e. The molecular weight excluding hydrogens is 582 g/mol. The normalized spacial score (nSPS) is 12.2. The Morgan fingerprint density at radius 3 is 2.25 bits per heavy atom. The van der Waals surface area contributed by atoms with Gasteiger partial charge in [0.25, 0.3) is 5.91 Å². The maximum absolute atomic E-state index is 12.6. The third kappa shape index (κ3) is 9.52. The highest BCUT2D eigenvalue weighted by molar-refractivity contribution is 6.30. The molecule has 1 aliphatic rings. The molecule has 0 atom stereocenters. The number of carbonyl (C=O) groups is 4. The number of Topliss-reactive ketones (excluding diaryl/α,β-unsaturated/α-hetero) is 1. The van der Waals surface area contributed by atoms with Gasteiger partial charge in [-0.15, -0.1) is 0 Å². The van der Waals surface area contributed by atoms with Crippen LogP contribution in [0.5, 0.6) is 0 Å². The van der Waals surface area contributed by atoms with E-state index in [2.05, 4.69) is 10.6 Å². The smallest absolute Gasteiger partial charge is 0.319 e. The van der Waals surface area contributed by atoms with E-state index in [0.717, 1.165) is 22.4 Å². The van der Waals surface area contributed by atoms with Crippen molar-refractivity contribution in [3.05, 3.63) is 112 Å². The second-order valence-electron chi connectivity index (χ2n) is 10.3. The maximum atomic E-state index is 12.6. The molecule has 0 spiro atoms. The largest absolute Gasteiger partial charge is 0.469 e. The molecule has 0 radical (unpaired) electrons. The number of aryl methyl sites for hydroxylation is 1. The maximum Gasteiger partial charge on any atom is 0.319 e. The highest BCUT2D eigenvalue weighted by Gasteiger charge is 2.16. The predicted molar refractivity (Wildman–Crippen MR) is 169 cm³/mol. The highest BCUT2D eigenvalue weighted by atomic mass is 35.5. The topological polar surface area (TPSA) is 114 Å². The number of halogens is 1. The van der Waals surface area contributed by atoms with Gasteiger partial charge in [-0.05, 0) is 65.6 Å². The molecule has 9 nitrogen and oxygen atoms in total. The zero-order chi connectivity index (χ0) is 31.3. The molecule has 3 aromatic rings. The number of benzene rings is 3. The number of amides is 1. The van der Waals surface area contributed by atoms with Gasteiger partial charge in [0.2, 0.25) is 0 Å². The van der Waals surface area contributed by atoms with Gasteiger partial charge in [0.05, 0.1) is 20.3 Å². The number of nitrogens with zero attached hydrogens (tertiary/aromatic N) is 1. The third-order valence-corrected chi connectivity index (χ3v) is 7.47. The molecule has 0 fully saturated rings. The molecule has 1 heterocycles. The van der Waals surface area contributed by atoms with Gasteiger partial charge < -0.3 is 25.0 Å². The van der Waals surface area contributed by atoms with Crippen molar-refractivity contribution in [2.24, 2.45) is 0 Å². The molecule has 2 N–H and O–H groups in total. The molecule has 0 aromatic heterocycles. The molecule has 0 saturated heterocycles. The van der Waals surface area contributed by atoms with Crippen LogP contribution in [-0.2, 0) is 38.6 Å². The Hall–Kier alpha value is -4.47. The van der Waals surface area contributed by atoms with Crippen molar-refractivity contribution >= 4 is 40.9 Å². The monoisotopic (exact) mass is 617 g/mol. The summed E-state index contributed by atoms with van der Waals surface area (Å²) in [6, 6.07) is 19.9. The third-order valence-electron chi connectivity index (χ3n) is 7.22. The van der Waals surface area contributed by atoms with Gasteiger partial charge in [-0.3, -0.25) is 19.2 Å². The number of hydrogen-bond acceptors (Lipinski definition) is 8. The summed E-state index contributed by atoms with van der Waals surface area (Å²) in [7, 11) is 1.36. The van der Waals surface area contributed by atoms with E-state index in [-0.39, 0.29) is 43.7 Å². The van der Waals surface area contributed by atoms with Crippen molar-refractivity contribution in [1.82, 2.24) is 10.2 Å². The Morgan fingerprint density at radius 1 is 0.841 bits per heavy atom. The van der Waals surface area contributed by atoms with Crippen LogP contribution in [0.15, 0.2) is 78.9 Å². The Kier molecular flexibility index (Phi) is 12.1. The molecule has 10 heteroatoms. The van der Waals surface area contributed by atoms with E-state index < -0.39 is 5.97 Å². The SMILES string of the molecule is COC(=O)CCc1cccc(NCc2ccc(C(=O)N3CC=CC3)cc2)c1CNCC(=O)OCCC(=O)c1ccc(Cl)cc1. The van der Waals surface area contributed by atoms with Gasteiger partial charge >= 0.3 is 11.9 Å². The number of nitrogens with one attached hydrogen (secondary N) is 2. The summed E-state index contributed by atoms with van der Waals surface area (Å²) in [5.41, 5.74) is 4.86. The first-order valence-corrected chi connectivity index (χ1v) is 14.8. The van der Waals surface area contributed by atoms with Gasteiger partial charge in [0, 0.05) is 60.9 Å². The molecule has 0 unspecified atom stereocenters. The summed E-state index contributed by atoms with van der Waals surface area (Å²) in [6.45, 7) is 2.04. The number of rotatable bonds is 15. The summed E-state index contributed by atoms with van der Waals surface area (Å²) < 4.78 is 10.1. The lowest BCUT2D eigenvalue weighted by Crippen LogP contribution is -2.28. The molecule has 0 saturated carbocycles. The quantitative estimate of drug-likeness (QED) is 0.140. The minimum absolute atomic E-state index is 0.00728. The Balaban J connectivity index is 1.32. The standard InChI is InChI=1S/C34H36ClN3O6/c1-43-32(40)16-13-25-5-4-6-30(37-21-24-7-9-27(10-8-24)34(42)38-18-2-3-19-38)29(25)22-36-23-33(41)44-20-17-31(39)26-11-14-28(35)15-12-26/h2-12,14-15,36-37H,13,16-23H2,1H3. The second kappa shape index (κ2) is 16.4. The fourth-order valence-electron chi connectivity index (χ4n) is 4.75. The van der Waals surface area contributed by atoms with Gasteiger partial charge in [0.15, 0.2) is 5.78 Å². The van der Waals surface area contributed by atoms with Crippen LogP contribution in [-0.4, -0.2) is 61.9 Å². The van der Waals surface area contributed by atoms with Crippen LogP contribution in [0, 0.1) is 0 Å². The molecule has 230 valence electrons. The van der Waals surface area contributed by atoms with Crippen molar-refractivity contribution in [3.8, 4) is 0 Å². The average molecular weight is 618 g/mol. The fourth-order valence-corrected chi connectivity index (χ4v) is 4.88. The second-order valence-corrected chi connectivity index (χ2v) is 10.7. The summed E-state index contributed by atoms with van der Waals surface area (Å²) in [6.07, 6.45) is 4.73. The number of ether oxygens (including phenoxy) is 2. The van der Waals surface area contributed by atoms with Gasteiger partial charge in [-0.2, -0.15) is 0 Å². The zero-order valence-corrected chi connectivity index (χ0v) is 25.4. The fraction of sp³-hybridized carbons (Fsp3) is 0.294. The molecule has 1 aliphatic heterocycles. The molecule has 0 bridgehead atoms. The number of hydrogen-bond donors (Lipinski definition) is 2. The van der Waals surface area contributed by atoms with Gasteiger partial charge in [0.1, 0.15) is 0 Å². The van der Waals surface area contributed by atoms with E-state index in [4.69, 9.17) is 21.1 Å². The van der Waals surface area contributed by atoms with Gasteiger partial charge in [-0.25, -0.2) is 0 Å². The number of carbonyl (C=O) groups excluding carboxylic acids is 4. The van der Waals surface area contributed by atoms with E-state index in [0.29, 0.717) is 48.7 Å². The Morgan fingerprint density at radius 2 is 1.55 bits per heavy atom. The number of esters is 2. The van der Waals surface area contributed by atoms with Crippen LogP contribution in [0.25, 0.3) is 0 Å². The molecule has 1 amide bonds. The van der Waals surface area contributed by atoms with E-state index in [1.807, 2.05) is 54.6 Å². The number of ketones is 1. The minimum atomic E-state index is -0.477. The van der Waals surface area contributed by atoms with Crippen molar-refractivity contribution in [3.63, 3.8) is 0 Å². The number of anilines is 1. The van der Waals surface area contributed by atoms with Crippen LogP contribution < -0.4 is 10.6 Å². The van der Waals surface area contributed by atoms with E-state index >= 15 is 0 Å². The molecule has 44 heavy (non-hydrogen) atoms. The molecule has 0 aliphatic carbocycles. The molecule has 4 rings (SSSR count). The first-order valence-electron chi connectivity index (χ1n) is 14.4. The van der Waals surface area contributed by atoms with Crippen LogP contribution in [0.3, 0.4) is 0 Å². The first kappa shape index (κ1) is 32.4. The van der Waals surface area contributed by atoms with Crippen molar-refractivity contribution in [1.29, 1.82) is 0 Å². The van der Waals surface area contributed by atoms with Crippen LogP contribution in [0.1, 0.15) is 50.2 Å². The summed E-state index contributed by atoms with van der Waals surface area (Å²) in [5.74, 6) is -0.913. The van der Waals surface area contributed by atoms with E-state index in [1.54, 1.807) is 29.2 Å². The van der Waals surface area contributed by atoms with E-state index in [9.17, 15) is 19.2 Å². The summed E-state index contributed by atoms with van der Waals surface area (Å²) in [5, 5.41) is 7.13. The van der Waals surface area contributed by atoms with Crippen molar-refractivity contribution in [2.75, 3.05) is 38.7 Å². The Bertz CT molecular complexity index is 1480. The number of methoxy groups -OCH3 is 1. The lowest BCUT2D eigenvalue weighted by molar-refractivity contribution is -0.142. The first-order chi connectivity index (χ1) is 21.3. The highest BCUT2D eigenvalue weighted by Crippen LogP contribution is 2.23. The lowest BCUT2D eigenvalue weighted by atomic mass is 10.0. The van der Waals surface area contributed by atoms with Crippen molar-refractivity contribution < 1.29 is 28.7 Å². The average Bonchev–Trinajstić information content (AvgIpc) is 3.58.